The van der Waals surface area contributed by atoms with Crippen LogP contribution in [-0.2, 0) is 17.7 Å². The minimum Gasteiger partial charge on any atom is -0.381 e. The van der Waals surface area contributed by atoms with Crippen molar-refractivity contribution >= 4 is 11.9 Å². The van der Waals surface area contributed by atoms with E-state index in [1.165, 1.54) is 19.2 Å². The molecule has 3 saturated heterocycles. The first-order valence-electron chi connectivity index (χ1n) is 8.52. The van der Waals surface area contributed by atoms with Crippen LogP contribution in [0.3, 0.4) is 0 Å². The molecule has 0 unspecified atom stereocenters. The predicted molar refractivity (Wildman–Crippen MR) is 88.1 cm³/mol. The van der Waals surface area contributed by atoms with E-state index in [0.29, 0.717) is 11.5 Å². The molecule has 0 bridgehead atoms. The first-order valence-corrected chi connectivity index (χ1v) is 9.29. The predicted octanol–water partition coefficient (Wildman–Crippen LogP) is 2.34. The van der Waals surface area contributed by atoms with Gasteiger partial charge in [-0.25, -0.2) is 4.31 Å². The summed E-state index contributed by atoms with van der Waals surface area (Å²) in [6.45, 7) is 7.06. The summed E-state index contributed by atoms with van der Waals surface area (Å²) in [5.74, 6) is -2.88. The van der Waals surface area contributed by atoms with Crippen LogP contribution in [-0.4, -0.2) is 64.4 Å². The van der Waals surface area contributed by atoms with Crippen molar-refractivity contribution in [3.05, 3.63) is 11.8 Å². The number of halogens is 2. The van der Waals surface area contributed by atoms with Crippen LogP contribution in [0.25, 0.3) is 0 Å². The van der Waals surface area contributed by atoms with Crippen LogP contribution in [0.4, 0.5) is 8.78 Å². The molecule has 0 aliphatic carbocycles. The molecule has 4 heterocycles. The fourth-order valence-electron chi connectivity index (χ4n) is 3.97. The number of alkyl halides is 2. The van der Waals surface area contributed by atoms with E-state index in [-0.39, 0.29) is 5.69 Å². The number of aromatic nitrogens is 2. The van der Waals surface area contributed by atoms with Gasteiger partial charge in [-0.05, 0) is 24.8 Å². The molecule has 3 aliphatic rings. The molecular weight excluding hydrogens is 334 g/mol. The molecule has 0 amide bonds. The van der Waals surface area contributed by atoms with Gasteiger partial charge in [-0.3, -0.25) is 9.58 Å². The third kappa shape index (κ3) is 3.09. The van der Waals surface area contributed by atoms with Gasteiger partial charge in [0.2, 0.25) is 0 Å². The quantitative estimate of drug-likeness (QED) is 0.772. The van der Waals surface area contributed by atoms with E-state index in [4.69, 9.17) is 4.74 Å². The maximum atomic E-state index is 13.4. The second-order valence-electron chi connectivity index (χ2n) is 7.52. The maximum Gasteiger partial charge on any atom is 0.288 e. The molecule has 3 fully saturated rings. The third-order valence-electron chi connectivity index (χ3n) is 5.32. The number of ether oxygens (including phenoxy) is 1. The van der Waals surface area contributed by atoms with Gasteiger partial charge in [0.25, 0.3) is 5.92 Å². The van der Waals surface area contributed by atoms with E-state index in [1.54, 1.807) is 23.7 Å². The molecule has 24 heavy (non-hydrogen) atoms. The SMILES string of the molecule is Cn1nc(C(C)(F)F)cc1SN1CC2(C1)CN(C1CCOCC1)C2. The van der Waals surface area contributed by atoms with E-state index in [2.05, 4.69) is 14.3 Å². The minimum absolute atomic E-state index is 0.155. The molecule has 5 nitrogen and oxygen atoms in total. The summed E-state index contributed by atoms with van der Waals surface area (Å²) in [6, 6.07) is 2.20. The molecule has 1 aromatic heterocycles. The second-order valence-corrected chi connectivity index (χ2v) is 8.63. The monoisotopic (exact) mass is 358 g/mol. The highest BCUT2D eigenvalue weighted by Crippen LogP contribution is 2.46. The van der Waals surface area contributed by atoms with E-state index in [9.17, 15) is 8.78 Å². The van der Waals surface area contributed by atoms with Crippen LogP contribution >= 0.6 is 11.9 Å². The molecule has 0 aromatic carbocycles. The number of nitrogens with zero attached hydrogens (tertiary/aromatic N) is 4. The molecule has 1 spiro atoms. The number of hydrogen-bond donors (Lipinski definition) is 0. The summed E-state index contributed by atoms with van der Waals surface area (Å²) in [6.07, 6.45) is 2.30. The number of hydrogen-bond acceptors (Lipinski definition) is 5. The van der Waals surface area contributed by atoms with Gasteiger partial charge in [-0.1, -0.05) is 0 Å². The highest BCUT2D eigenvalue weighted by Gasteiger charge is 2.53. The Morgan fingerprint density at radius 2 is 1.92 bits per heavy atom. The van der Waals surface area contributed by atoms with Gasteiger partial charge in [0.15, 0.2) is 0 Å². The van der Waals surface area contributed by atoms with Crippen molar-refractivity contribution in [2.75, 3.05) is 39.4 Å². The molecule has 0 atom stereocenters. The minimum atomic E-state index is -2.88. The fraction of sp³-hybridized carbons (Fsp3) is 0.812. The molecule has 0 saturated carbocycles. The van der Waals surface area contributed by atoms with Crippen molar-refractivity contribution in [2.45, 2.75) is 36.8 Å². The van der Waals surface area contributed by atoms with Crippen LogP contribution < -0.4 is 0 Å². The lowest BCUT2D eigenvalue weighted by molar-refractivity contribution is -0.113. The Bertz CT molecular complexity index is 598. The molecular formula is C16H24F2N4OS. The van der Waals surface area contributed by atoms with E-state index in [0.717, 1.165) is 51.1 Å². The highest BCUT2D eigenvalue weighted by atomic mass is 32.2. The molecule has 0 radical (unpaired) electrons. The topological polar surface area (TPSA) is 33.5 Å². The van der Waals surface area contributed by atoms with E-state index in [1.807, 2.05) is 0 Å². The van der Waals surface area contributed by atoms with Crippen LogP contribution in [0.1, 0.15) is 25.5 Å². The second kappa shape index (κ2) is 5.93. The van der Waals surface area contributed by atoms with Gasteiger partial charge in [0, 0.05) is 70.9 Å². The van der Waals surface area contributed by atoms with Crippen molar-refractivity contribution in [3.63, 3.8) is 0 Å². The van der Waals surface area contributed by atoms with Crippen molar-refractivity contribution in [2.24, 2.45) is 12.5 Å². The summed E-state index contributed by atoms with van der Waals surface area (Å²) < 4.78 is 36.0. The zero-order valence-electron chi connectivity index (χ0n) is 14.2. The molecule has 134 valence electrons. The normalized spacial score (nSPS) is 25.7. The molecule has 1 aromatic rings. The Morgan fingerprint density at radius 1 is 1.25 bits per heavy atom. The standard InChI is InChI=1S/C16H24F2N4OS/c1-15(17,18)13-7-14(20(2)19-13)24-22-10-16(11-22)8-21(9-16)12-3-5-23-6-4-12/h7,12H,3-6,8-11H2,1-2H3. The Labute approximate surface area is 145 Å². The van der Waals surface area contributed by atoms with Gasteiger partial charge in [-0.2, -0.15) is 13.9 Å². The van der Waals surface area contributed by atoms with E-state index < -0.39 is 5.92 Å². The summed E-state index contributed by atoms with van der Waals surface area (Å²) >= 11 is 1.54. The molecule has 4 rings (SSSR count). The smallest absolute Gasteiger partial charge is 0.288 e. The summed E-state index contributed by atoms with van der Waals surface area (Å²) in [5, 5.41) is 4.72. The van der Waals surface area contributed by atoms with Crippen LogP contribution in [0, 0.1) is 5.41 Å². The summed E-state index contributed by atoms with van der Waals surface area (Å²) in [5.41, 5.74) is 0.263. The average molecular weight is 358 g/mol. The summed E-state index contributed by atoms with van der Waals surface area (Å²) in [7, 11) is 1.73. The number of aryl methyl sites for hydroxylation is 1. The van der Waals surface area contributed by atoms with E-state index >= 15 is 0 Å². The highest BCUT2D eigenvalue weighted by molar-refractivity contribution is 7.97. The third-order valence-corrected chi connectivity index (χ3v) is 6.40. The van der Waals surface area contributed by atoms with Gasteiger partial charge in [0.05, 0.1) is 0 Å². The van der Waals surface area contributed by atoms with Gasteiger partial charge >= 0.3 is 0 Å². The first-order chi connectivity index (χ1) is 11.3. The Kier molecular flexibility index (Phi) is 4.14. The maximum absolute atomic E-state index is 13.4. The average Bonchev–Trinajstić information content (AvgIpc) is 2.82. The van der Waals surface area contributed by atoms with Crippen molar-refractivity contribution < 1.29 is 13.5 Å². The fourth-order valence-corrected chi connectivity index (χ4v) is 5.24. The van der Waals surface area contributed by atoms with Crippen LogP contribution in [0.15, 0.2) is 11.1 Å². The Hall–Kier alpha value is -0.700. The zero-order valence-corrected chi connectivity index (χ0v) is 15.0. The molecule has 3 aliphatic heterocycles. The summed E-state index contributed by atoms with van der Waals surface area (Å²) in [4.78, 5) is 2.59. The van der Waals surface area contributed by atoms with Gasteiger partial charge < -0.3 is 4.74 Å². The van der Waals surface area contributed by atoms with Gasteiger partial charge in [-0.15, -0.1) is 0 Å². The number of rotatable bonds is 4. The Balaban J connectivity index is 1.28. The lowest BCUT2D eigenvalue weighted by Crippen LogP contribution is -2.72. The molecule has 8 heteroatoms. The van der Waals surface area contributed by atoms with Crippen LogP contribution in [0.5, 0.6) is 0 Å². The lowest BCUT2D eigenvalue weighted by atomic mass is 9.73. The first kappa shape index (κ1) is 16.8. The largest absolute Gasteiger partial charge is 0.381 e. The Morgan fingerprint density at radius 3 is 2.50 bits per heavy atom. The van der Waals surface area contributed by atoms with Crippen molar-refractivity contribution in [3.8, 4) is 0 Å². The van der Waals surface area contributed by atoms with Crippen molar-refractivity contribution in [1.29, 1.82) is 0 Å². The lowest BCUT2D eigenvalue weighted by Gasteiger charge is -2.61. The number of likely N-dealkylation sites (tertiary alicyclic amines) is 1. The zero-order chi connectivity index (χ0) is 16.9. The molecule has 0 N–H and O–H groups in total. The van der Waals surface area contributed by atoms with Gasteiger partial charge in [0.1, 0.15) is 10.7 Å². The van der Waals surface area contributed by atoms with Crippen molar-refractivity contribution in [1.82, 2.24) is 19.0 Å². The van der Waals surface area contributed by atoms with Crippen LogP contribution in [0.2, 0.25) is 0 Å².